The van der Waals surface area contributed by atoms with Crippen LogP contribution in [-0.2, 0) is 14.8 Å². The van der Waals surface area contributed by atoms with E-state index in [1.54, 1.807) is 24.3 Å². The van der Waals surface area contributed by atoms with Crippen LogP contribution in [0.2, 0.25) is 0 Å². The molecule has 0 bridgehead atoms. The van der Waals surface area contributed by atoms with Crippen molar-refractivity contribution in [3.8, 4) is 0 Å². The molecule has 1 amide bonds. The van der Waals surface area contributed by atoms with E-state index in [0.29, 0.717) is 11.4 Å². The first-order valence-electron chi connectivity index (χ1n) is 7.33. The van der Waals surface area contributed by atoms with Crippen molar-refractivity contribution in [2.75, 3.05) is 10.0 Å². The van der Waals surface area contributed by atoms with E-state index in [1.807, 2.05) is 30.3 Å². The molecule has 0 radical (unpaired) electrons. The molecule has 0 aromatic heterocycles. The van der Waals surface area contributed by atoms with Crippen LogP contribution in [0.15, 0.2) is 71.6 Å². The fourth-order valence-corrected chi connectivity index (χ4v) is 3.44. The Kier molecular flexibility index (Phi) is 4.22. The summed E-state index contributed by atoms with van der Waals surface area (Å²) in [5.41, 5.74) is 1.05. The number of sulfonamides is 1. The van der Waals surface area contributed by atoms with Crippen LogP contribution >= 0.6 is 0 Å². The normalized spacial score (nSPS) is 11.2. The minimum atomic E-state index is -3.69. The molecule has 0 saturated carbocycles. The van der Waals surface area contributed by atoms with Crippen molar-refractivity contribution >= 4 is 38.1 Å². The van der Waals surface area contributed by atoms with Crippen LogP contribution in [0.1, 0.15) is 6.92 Å². The number of amides is 1. The highest BCUT2D eigenvalue weighted by atomic mass is 32.2. The van der Waals surface area contributed by atoms with Gasteiger partial charge >= 0.3 is 0 Å². The number of carbonyl (C=O) groups excluding carboxylic acids is 1. The summed E-state index contributed by atoms with van der Waals surface area (Å²) >= 11 is 0. The molecule has 0 aliphatic rings. The molecule has 3 aromatic rings. The molecule has 0 unspecified atom stereocenters. The van der Waals surface area contributed by atoms with Gasteiger partial charge in [-0.15, -0.1) is 0 Å². The van der Waals surface area contributed by atoms with Crippen LogP contribution in [0.25, 0.3) is 10.8 Å². The van der Waals surface area contributed by atoms with Gasteiger partial charge in [0.1, 0.15) is 0 Å². The minimum Gasteiger partial charge on any atom is -0.326 e. The maximum atomic E-state index is 12.5. The van der Waals surface area contributed by atoms with Crippen LogP contribution in [0.3, 0.4) is 0 Å². The Morgan fingerprint density at radius 1 is 0.833 bits per heavy atom. The lowest BCUT2D eigenvalue weighted by Crippen LogP contribution is -2.13. The van der Waals surface area contributed by atoms with Crippen LogP contribution < -0.4 is 10.0 Å². The summed E-state index contributed by atoms with van der Waals surface area (Å²) in [5.74, 6) is -0.208. The molecular weight excluding hydrogens is 324 g/mol. The SMILES string of the molecule is CC(=O)Nc1ccc(S(=O)(=O)Nc2ccc3ccccc3c2)cc1. The molecule has 24 heavy (non-hydrogen) atoms. The molecule has 0 aliphatic heterocycles. The number of anilines is 2. The number of rotatable bonds is 4. The van der Waals surface area contributed by atoms with Gasteiger partial charge in [-0.05, 0) is 47.2 Å². The second-order valence-corrected chi connectivity index (χ2v) is 7.06. The average Bonchev–Trinajstić information content (AvgIpc) is 2.54. The molecule has 0 saturated heterocycles. The molecule has 5 nitrogen and oxygen atoms in total. The van der Waals surface area contributed by atoms with Gasteiger partial charge in [0, 0.05) is 18.3 Å². The van der Waals surface area contributed by atoms with Gasteiger partial charge in [-0.1, -0.05) is 30.3 Å². The van der Waals surface area contributed by atoms with Crippen molar-refractivity contribution in [1.82, 2.24) is 0 Å². The number of carbonyl (C=O) groups is 1. The Labute approximate surface area is 140 Å². The fourth-order valence-electron chi connectivity index (χ4n) is 2.39. The summed E-state index contributed by atoms with van der Waals surface area (Å²) in [6, 6.07) is 19.1. The van der Waals surface area contributed by atoms with E-state index in [4.69, 9.17) is 0 Å². The summed E-state index contributed by atoms with van der Waals surface area (Å²) in [7, 11) is -3.69. The topological polar surface area (TPSA) is 75.3 Å². The third-order valence-electron chi connectivity index (χ3n) is 3.49. The van der Waals surface area contributed by atoms with Crippen molar-refractivity contribution < 1.29 is 13.2 Å². The van der Waals surface area contributed by atoms with Crippen LogP contribution in [0.4, 0.5) is 11.4 Å². The van der Waals surface area contributed by atoms with Gasteiger partial charge in [-0.25, -0.2) is 8.42 Å². The molecule has 0 atom stereocenters. The van der Waals surface area contributed by atoms with Gasteiger partial charge in [0.05, 0.1) is 4.90 Å². The highest BCUT2D eigenvalue weighted by molar-refractivity contribution is 7.92. The first-order chi connectivity index (χ1) is 11.4. The van der Waals surface area contributed by atoms with Gasteiger partial charge in [-0.2, -0.15) is 0 Å². The number of fused-ring (bicyclic) bond motifs is 1. The highest BCUT2D eigenvalue weighted by Crippen LogP contribution is 2.22. The standard InChI is InChI=1S/C18H16N2O3S/c1-13(21)19-16-8-10-18(11-9-16)24(22,23)20-17-7-6-14-4-2-3-5-15(14)12-17/h2-12,20H,1H3,(H,19,21). The Morgan fingerprint density at radius 3 is 2.12 bits per heavy atom. The lowest BCUT2D eigenvalue weighted by molar-refractivity contribution is -0.114. The largest absolute Gasteiger partial charge is 0.326 e. The first-order valence-corrected chi connectivity index (χ1v) is 8.82. The molecular formula is C18H16N2O3S. The second-order valence-electron chi connectivity index (χ2n) is 5.37. The third-order valence-corrected chi connectivity index (χ3v) is 4.88. The lowest BCUT2D eigenvalue weighted by atomic mass is 10.1. The number of hydrogen-bond acceptors (Lipinski definition) is 3. The number of benzene rings is 3. The molecule has 3 rings (SSSR count). The molecule has 2 N–H and O–H groups in total. The van der Waals surface area contributed by atoms with E-state index < -0.39 is 10.0 Å². The van der Waals surface area contributed by atoms with Crippen LogP contribution in [0, 0.1) is 0 Å². The fraction of sp³-hybridized carbons (Fsp3) is 0.0556. The van der Waals surface area contributed by atoms with E-state index in [-0.39, 0.29) is 10.8 Å². The van der Waals surface area contributed by atoms with E-state index in [2.05, 4.69) is 10.0 Å². The van der Waals surface area contributed by atoms with Crippen molar-refractivity contribution in [3.05, 3.63) is 66.7 Å². The smallest absolute Gasteiger partial charge is 0.261 e. The zero-order valence-electron chi connectivity index (χ0n) is 13.0. The van der Waals surface area contributed by atoms with E-state index in [1.165, 1.54) is 19.1 Å². The molecule has 0 fully saturated rings. The van der Waals surface area contributed by atoms with Gasteiger partial charge < -0.3 is 5.32 Å². The maximum Gasteiger partial charge on any atom is 0.261 e. The Bertz CT molecular complexity index is 996. The monoisotopic (exact) mass is 340 g/mol. The minimum absolute atomic E-state index is 0.129. The van der Waals surface area contributed by atoms with Gasteiger partial charge in [-0.3, -0.25) is 9.52 Å². The Hall–Kier alpha value is -2.86. The Balaban J connectivity index is 1.85. The predicted octanol–water partition coefficient (Wildman–Crippen LogP) is 3.60. The average molecular weight is 340 g/mol. The second kappa shape index (κ2) is 6.33. The van der Waals surface area contributed by atoms with E-state index in [9.17, 15) is 13.2 Å². The molecule has 0 heterocycles. The highest BCUT2D eigenvalue weighted by Gasteiger charge is 2.14. The van der Waals surface area contributed by atoms with Gasteiger partial charge in [0.15, 0.2) is 0 Å². The molecule has 0 spiro atoms. The van der Waals surface area contributed by atoms with Crippen molar-refractivity contribution in [3.63, 3.8) is 0 Å². The first kappa shape index (κ1) is 16.0. The predicted molar refractivity (Wildman–Crippen MR) is 95.5 cm³/mol. The van der Waals surface area contributed by atoms with Crippen molar-refractivity contribution in [2.45, 2.75) is 11.8 Å². The molecule has 122 valence electrons. The lowest BCUT2D eigenvalue weighted by Gasteiger charge is -2.10. The van der Waals surface area contributed by atoms with Gasteiger partial charge in [0.25, 0.3) is 10.0 Å². The summed E-state index contributed by atoms with van der Waals surface area (Å²) in [5, 5.41) is 4.60. The maximum absolute atomic E-state index is 12.5. The van der Waals surface area contributed by atoms with Crippen LogP contribution in [-0.4, -0.2) is 14.3 Å². The summed E-state index contributed by atoms with van der Waals surface area (Å²) in [6.45, 7) is 1.39. The molecule has 3 aromatic carbocycles. The van der Waals surface area contributed by atoms with Crippen molar-refractivity contribution in [1.29, 1.82) is 0 Å². The molecule has 0 aliphatic carbocycles. The van der Waals surface area contributed by atoms with E-state index in [0.717, 1.165) is 10.8 Å². The summed E-state index contributed by atoms with van der Waals surface area (Å²) in [6.07, 6.45) is 0. The van der Waals surface area contributed by atoms with Crippen molar-refractivity contribution in [2.24, 2.45) is 0 Å². The van der Waals surface area contributed by atoms with Crippen LogP contribution in [0.5, 0.6) is 0 Å². The summed E-state index contributed by atoms with van der Waals surface area (Å²) in [4.78, 5) is 11.1. The third kappa shape index (κ3) is 3.55. The number of nitrogens with one attached hydrogen (secondary N) is 2. The zero-order chi connectivity index (χ0) is 17.2. The zero-order valence-corrected chi connectivity index (χ0v) is 13.8. The Morgan fingerprint density at radius 2 is 1.46 bits per heavy atom. The van der Waals surface area contributed by atoms with Gasteiger partial charge in [0.2, 0.25) is 5.91 Å². The number of hydrogen-bond donors (Lipinski definition) is 2. The van der Waals surface area contributed by atoms with E-state index >= 15 is 0 Å². The summed E-state index contributed by atoms with van der Waals surface area (Å²) < 4.78 is 27.5. The molecule has 6 heteroatoms. The quantitative estimate of drug-likeness (QED) is 0.762.